The molecule has 3 rings (SSSR count). The molecule has 25 heavy (non-hydrogen) atoms. The maximum Gasteiger partial charge on any atom is 0.239 e. The van der Waals surface area contributed by atoms with E-state index in [4.69, 9.17) is 0 Å². The van der Waals surface area contributed by atoms with E-state index in [1.165, 1.54) is 29.2 Å². The lowest BCUT2D eigenvalue weighted by Crippen LogP contribution is -2.22. The molecule has 2 heterocycles. The molecule has 1 aromatic carbocycles. The molecule has 0 unspecified atom stereocenters. The van der Waals surface area contributed by atoms with Gasteiger partial charge >= 0.3 is 0 Å². The molecule has 1 N–H and O–H groups in total. The van der Waals surface area contributed by atoms with Crippen LogP contribution in [0.25, 0.3) is 11.4 Å². The fourth-order valence-corrected chi connectivity index (χ4v) is 3.63. The lowest BCUT2D eigenvalue weighted by Gasteiger charge is -2.10. The van der Waals surface area contributed by atoms with Gasteiger partial charge in [0.05, 0.1) is 16.5 Å². The number of nitrogens with zero attached hydrogens (tertiary/aromatic N) is 4. The summed E-state index contributed by atoms with van der Waals surface area (Å²) in [7, 11) is 1.75. The highest BCUT2D eigenvalue weighted by Crippen LogP contribution is 2.27. The minimum atomic E-state index is -0.402. The topological polar surface area (TPSA) is 72.7 Å². The summed E-state index contributed by atoms with van der Waals surface area (Å²) in [5, 5.41) is 13.5. The van der Waals surface area contributed by atoms with Gasteiger partial charge in [-0.3, -0.25) is 4.79 Å². The fraction of sp³-hybridized carbons (Fsp3) is 0.250. The zero-order valence-corrected chi connectivity index (χ0v) is 15.5. The third-order valence-corrected chi connectivity index (χ3v) is 5.46. The van der Waals surface area contributed by atoms with Crippen LogP contribution in [-0.4, -0.2) is 30.9 Å². The molecule has 0 bridgehead atoms. The Balaban J connectivity index is 1.73. The molecule has 0 aliphatic carbocycles. The number of thioether (sulfide) groups is 1. The number of rotatable bonds is 5. The van der Waals surface area contributed by atoms with Gasteiger partial charge < -0.3 is 9.88 Å². The average Bonchev–Trinajstić information content (AvgIpc) is 3.14. The molecule has 0 spiro atoms. The third-order valence-electron chi connectivity index (χ3n) is 3.45. The summed E-state index contributed by atoms with van der Waals surface area (Å²) in [5.74, 6) is -0.113. The summed E-state index contributed by atoms with van der Waals surface area (Å²) < 4.78 is 15.6. The molecule has 6 nitrogen and oxygen atoms in total. The first-order chi connectivity index (χ1) is 12.0. The zero-order valence-electron chi connectivity index (χ0n) is 13.9. The van der Waals surface area contributed by atoms with Crippen molar-refractivity contribution < 1.29 is 9.18 Å². The molecule has 1 atom stereocenters. The van der Waals surface area contributed by atoms with E-state index in [1.54, 1.807) is 36.7 Å². The first-order valence-corrected chi connectivity index (χ1v) is 9.25. The number of halogens is 1. The number of amides is 1. The van der Waals surface area contributed by atoms with Crippen LogP contribution in [-0.2, 0) is 11.8 Å². The summed E-state index contributed by atoms with van der Waals surface area (Å²) >= 11 is 2.64. The van der Waals surface area contributed by atoms with Gasteiger partial charge in [-0.15, -0.1) is 21.5 Å². The number of aromatic nitrogens is 4. The number of carbonyl (C=O) groups is 1. The van der Waals surface area contributed by atoms with E-state index in [0.29, 0.717) is 21.7 Å². The minimum absolute atomic E-state index is 0.171. The molecule has 1 amide bonds. The summed E-state index contributed by atoms with van der Waals surface area (Å²) in [5.41, 5.74) is 1.24. The van der Waals surface area contributed by atoms with Gasteiger partial charge in [-0.1, -0.05) is 23.9 Å². The van der Waals surface area contributed by atoms with Crippen molar-refractivity contribution in [3.63, 3.8) is 0 Å². The summed E-state index contributed by atoms with van der Waals surface area (Å²) in [6.07, 6.45) is 0. The van der Waals surface area contributed by atoms with Crippen molar-refractivity contribution in [2.75, 3.05) is 5.32 Å². The van der Waals surface area contributed by atoms with Gasteiger partial charge in [0.25, 0.3) is 0 Å². The largest absolute Gasteiger partial charge is 0.305 e. The average molecular weight is 377 g/mol. The Morgan fingerprint density at radius 2 is 2.12 bits per heavy atom. The van der Waals surface area contributed by atoms with Crippen LogP contribution in [0.1, 0.15) is 12.6 Å². The summed E-state index contributed by atoms with van der Waals surface area (Å²) in [6, 6.07) is 6.39. The van der Waals surface area contributed by atoms with Crippen LogP contribution in [0.2, 0.25) is 0 Å². The van der Waals surface area contributed by atoms with E-state index in [9.17, 15) is 9.18 Å². The highest BCUT2D eigenvalue weighted by Gasteiger charge is 2.21. The molecule has 0 saturated carbocycles. The van der Waals surface area contributed by atoms with Crippen molar-refractivity contribution in [2.45, 2.75) is 24.3 Å². The van der Waals surface area contributed by atoms with Crippen LogP contribution < -0.4 is 5.32 Å². The molecular weight excluding hydrogens is 361 g/mol. The lowest BCUT2D eigenvalue weighted by molar-refractivity contribution is -0.115. The van der Waals surface area contributed by atoms with Crippen molar-refractivity contribution in [3.05, 3.63) is 41.2 Å². The summed E-state index contributed by atoms with van der Waals surface area (Å²) in [6.45, 7) is 3.64. The second kappa shape index (κ2) is 7.32. The van der Waals surface area contributed by atoms with Gasteiger partial charge in [0.2, 0.25) is 5.91 Å². The van der Waals surface area contributed by atoms with Crippen LogP contribution in [0.15, 0.2) is 34.8 Å². The standard InChI is InChI=1S/C16H16FN5OS2/c1-9-8-24-15(18-9)19-14(23)10(2)25-16-21-20-13(22(16)3)11-6-4-5-7-12(11)17/h4-8,10H,1-3H3,(H,18,19,23)/t10-/m0/s1. The molecule has 0 fully saturated rings. The first kappa shape index (κ1) is 17.6. The quantitative estimate of drug-likeness (QED) is 0.689. The number of benzene rings is 1. The molecule has 9 heteroatoms. The molecular formula is C16H16FN5OS2. The first-order valence-electron chi connectivity index (χ1n) is 7.49. The number of thiazole rings is 1. The maximum absolute atomic E-state index is 13.9. The normalized spacial score (nSPS) is 12.2. The monoisotopic (exact) mass is 377 g/mol. The van der Waals surface area contributed by atoms with Crippen molar-refractivity contribution >= 4 is 34.1 Å². The smallest absolute Gasteiger partial charge is 0.239 e. The maximum atomic E-state index is 13.9. The molecule has 0 radical (unpaired) electrons. The molecule has 2 aromatic heterocycles. The third kappa shape index (κ3) is 3.88. The van der Waals surface area contributed by atoms with Gasteiger partial charge in [-0.25, -0.2) is 9.37 Å². The van der Waals surface area contributed by atoms with Crippen LogP contribution in [0.3, 0.4) is 0 Å². The van der Waals surface area contributed by atoms with Crippen molar-refractivity contribution in [1.82, 2.24) is 19.7 Å². The number of hydrogen-bond acceptors (Lipinski definition) is 6. The molecule has 0 saturated heterocycles. The predicted molar refractivity (Wildman–Crippen MR) is 97.2 cm³/mol. The minimum Gasteiger partial charge on any atom is -0.305 e. The molecule has 0 aliphatic heterocycles. The van der Waals surface area contributed by atoms with Gasteiger partial charge in [-0.2, -0.15) is 0 Å². The highest BCUT2D eigenvalue weighted by atomic mass is 32.2. The van der Waals surface area contributed by atoms with Crippen LogP contribution >= 0.6 is 23.1 Å². The molecule has 130 valence electrons. The second-order valence-electron chi connectivity index (χ2n) is 5.39. The van der Waals surface area contributed by atoms with Crippen LogP contribution in [0.4, 0.5) is 9.52 Å². The number of anilines is 1. The fourth-order valence-electron chi connectivity index (χ4n) is 2.12. The zero-order chi connectivity index (χ0) is 18.0. The van der Waals surface area contributed by atoms with E-state index in [-0.39, 0.29) is 11.7 Å². The van der Waals surface area contributed by atoms with Gasteiger partial charge in [0.15, 0.2) is 16.1 Å². The van der Waals surface area contributed by atoms with Crippen molar-refractivity contribution in [2.24, 2.45) is 7.05 Å². The number of carbonyl (C=O) groups excluding carboxylic acids is 1. The Labute approximate surface area is 152 Å². The Morgan fingerprint density at radius 3 is 2.80 bits per heavy atom. The van der Waals surface area contributed by atoms with E-state index in [2.05, 4.69) is 20.5 Å². The SMILES string of the molecule is Cc1csc(NC(=O)[C@H](C)Sc2nnc(-c3ccccc3F)n2C)n1. The van der Waals surface area contributed by atoms with E-state index in [0.717, 1.165) is 5.69 Å². The Bertz CT molecular complexity index is 908. The van der Waals surface area contributed by atoms with E-state index < -0.39 is 5.25 Å². The molecule has 3 aromatic rings. The summed E-state index contributed by atoms with van der Waals surface area (Å²) in [4.78, 5) is 16.5. The lowest BCUT2D eigenvalue weighted by atomic mass is 10.2. The molecule has 0 aliphatic rings. The number of nitrogens with one attached hydrogen (secondary N) is 1. The van der Waals surface area contributed by atoms with Crippen LogP contribution in [0.5, 0.6) is 0 Å². The van der Waals surface area contributed by atoms with E-state index >= 15 is 0 Å². The van der Waals surface area contributed by atoms with Gasteiger partial charge in [0, 0.05) is 12.4 Å². The second-order valence-corrected chi connectivity index (χ2v) is 7.55. The Morgan fingerprint density at radius 1 is 1.36 bits per heavy atom. The number of hydrogen-bond donors (Lipinski definition) is 1. The van der Waals surface area contributed by atoms with E-state index in [1.807, 2.05) is 12.3 Å². The van der Waals surface area contributed by atoms with Gasteiger partial charge in [-0.05, 0) is 26.0 Å². The Hall–Kier alpha value is -2.26. The Kier molecular flexibility index (Phi) is 5.14. The van der Waals surface area contributed by atoms with Crippen molar-refractivity contribution in [1.29, 1.82) is 0 Å². The predicted octanol–water partition coefficient (Wildman–Crippen LogP) is 3.51. The highest BCUT2D eigenvalue weighted by molar-refractivity contribution is 8.00. The van der Waals surface area contributed by atoms with Gasteiger partial charge in [0.1, 0.15) is 5.82 Å². The van der Waals surface area contributed by atoms with Crippen molar-refractivity contribution in [3.8, 4) is 11.4 Å². The number of aryl methyl sites for hydroxylation is 1. The van der Waals surface area contributed by atoms with Crippen LogP contribution in [0, 0.1) is 12.7 Å².